The fourth-order valence-electron chi connectivity index (χ4n) is 1.65. The van der Waals surface area contributed by atoms with Gasteiger partial charge in [-0.3, -0.25) is 9.59 Å². The Balaban J connectivity index is 2.74. The molecule has 3 nitrogen and oxygen atoms in total. The molecule has 1 rings (SSSR count). The zero-order valence-electron chi connectivity index (χ0n) is 13.8. The van der Waals surface area contributed by atoms with Crippen LogP contribution in [0.5, 0.6) is 0 Å². The van der Waals surface area contributed by atoms with Crippen LogP contribution in [0.4, 0.5) is 5.69 Å². The number of rotatable bonds is 3. The number of Topliss-reactive ketones (excluding diaryl/α,β-unsaturated/α-hetero) is 1. The third kappa shape index (κ3) is 5.94. The molecule has 0 bridgehead atoms. The minimum Gasteiger partial charge on any atom is -0.323 e. The predicted octanol–water partition coefficient (Wildman–Crippen LogP) is 4.46. The van der Waals surface area contributed by atoms with Crippen LogP contribution in [0.1, 0.15) is 51.9 Å². The van der Waals surface area contributed by atoms with Gasteiger partial charge in [-0.2, -0.15) is 0 Å². The number of carbonyl (C=O) groups is 2. The number of allylic oxidation sites excluding steroid dienone is 1. The number of hydrogen-bond acceptors (Lipinski definition) is 2. The Bertz CT molecular complexity index is 540. The second kappa shape index (κ2) is 6.25. The van der Waals surface area contributed by atoms with Crippen LogP contribution in [0.2, 0.25) is 0 Å². The molecule has 3 heteroatoms. The van der Waals surface area contributed by atoms with Crippen molar-refractivity contribution in [2.75, 3.05) is 5.32 Å². The molecule has 114 valence electrons. The Labute approximate surface area is 127 Å². The van der Waals surface area contributed by atoms with Gasteiger partial charge in [0.25, 0.3) is 0 Å². The first-order valence-corrected chi connectivity index (χ1v) is 7.14. The van der Waals surface area contributed by atoms with E-state index in [0.717, 1.165) is 0 Å². The lowest BCUT2D eigenvalue weighted by atomic mass is 9.86. The van der Waals surface area contributed by atoms with Gasteiger partial charge >= 0.3 is 0 Å². The van der Waals surface area contributed by atoms with Crippen molar-refractivity contribution in [1.29, 1.82) is 0 Å². The molecule has 0 unspecified atom stereocenters. The summed E-state index contributed by atoms with van der Waals surface area (Å²) in [6, 6.07) is 7.00. The van der Waals surface area contributed by atoms with Crippen molar-refractivity contribution in [2.45, 2.75) is 41.5 Å². The molecular weight excluding hydrogens is 262 g/mol. The van der Waals surface area contributed by atoms with Gasteiger partial charge in [0.1, 0.15) is 0 Å². The second-order valence-electron chi connectivity index (χ2n) is 7.35. The summed E-state index contributed by atoms with van der Waals surface area (Å²) >= 11 is 0. The molecule has 0 aliphatic rings. The zero-order valence-corrected chi connectivity index (χ0v) is 13.8. The van der Waals surface area contributed by atoms with Crippen molar-refractivity contribution in [3.05, 3.63) is 42.0 Å². The Morgan fingerprint density at radius 3 is 1.90 bits per heavy atom. The molecule has 0 aliphatic carbocycles. The van der Waals surface area contributed by atoms with Crippen LogP contribution in [0, 0.1) is 10.8 Å². The highest BCUT2D eigenvalue weighted by Gasteiger charge is 2.22. The molecule has 1 aromatic carbocycles. The molecule has 0 aliphatic heterocycles. The SMILES string of the molecule is CC(C)(C)/C=C/C(=O)Nc1ccc(C(=O)C(C)(C)C)cc1. The van der Waals surface area contributed by atoms with Crippen molar-refractivity contribution in [3.8, 4) is 0 Å². The summed E-state index contributed by atoms with van der Waals surface area (Å²) in [6.45, 7) is 11.8. The third-order valence-electron chi connectivity index (χ3n) is 2.83. The molecule has 21 heavy (non-hydrogen) atoms. The van der Waals surface area contributed by atoms with Gasteiger partial charge in [-0.05, 0) is 35.8 Å². The molecule has 0 aromatic heterocycles. The van der Waals surface area contributed by atoms with E-state index in [1.807, 2.05) is 47.6 Å². The number of amides is 1. The predicted molar refractivity (Wildman–Crippen MR) is 87.5 cm³/mol. The second-order valence-corrected chi connectivity index (χ2v) is 7.35. The average Bonchev–Trinajstić information content (AvgIpc) is 2.34. The number of benzene rings is 1. The summed E-state index contributed by atoms with van der Waals surface area (Å²) in [7, 11) is 0. The molecule has 0 fully saturated rings. The van der Waals surface area contributed by atoms with E-state index >= 15 is 0 Å². The van der Waals surface area contributed by atoms with E-state index in [-0.39, 0.29) is 17.1 Å². The fraction of sp³-hybridized carbons (Fsp3) is 0.444. The molecule has 1 N–H and O–H groups in total. The van der Waals surface area contributed by atoms with Gasteiger partial charge in [0.15, 0.2) is 5.78 Å². The van der Waals surface area contributed by atoms with Crippen molar-refractivity contribution in [3.63, 3.8) is 0 Å². The summed E-state index contributed by atoms with van der Waals surface area (Å²) in [6.07, 6.45) is 3.40. The van der Waals surface area contributed by atoms with Crippen molar-refractivity contribution in [2.24, 2.45) is 10.8 Å². The van der Waals surface area contributed by atoms with Crippen LogP contribution in [-0.4, -0.2) is 11.7 Å². The molecule has 1 amide bonds. The summed E-state index contributed by atoms with van der Waals surface area (Å²) < 4.78 is 0. The largest absolute Gasteiger partial charge is 0.323 e. The number of carbonyl (C=O) groups excluding carboxylic acids is 2. The maximum atomic E-state index is 12.1. The Kier molecular flexibility index (Phi) is 5.10. The molecule has 0 heterocycles. The highest BCUT2D eigenvalue weighted by Crippen LogP contribution is 2.22. The number of hydrogen-bond donors (Lipinski definition) is 1. The lowest BCUT2D eigenvalue weighted by Gasteiger charge is -2.16. The van der Waals surface area contributed by atoms with Crippen molar-refractivity contribution >= 4 is 17.4 Å². The maximum Gasteiger partial charge on any atom is 0.248 e. The minimum absolute atomic E-state index is 0.0275. The normalized spacial score (nSPS) is 12.5. The highest BCUT2D eigenvalue weighted by molar-refractivity contribution is 6.01. The lowest BCUT2D eigenvalue weighted by molar-refractivity contribution is -0.112. The molecule has 0 saturated heterocycles. The maximum absolute atomic E-state index is 12.1. The fourth-order valence-corrected chi connectivity index (χ4v) is 1.65. The van der Waals surface area contributed by atoms with Gasteiger partial charge in [0.2, 0.25) is 5.91 Å². The highest BCUT2D eigenvalue weighted by atomic mass is 16.1. The van der Waals surface area contributed by atoms with Crippen LogP contribution < -0.4 is 5.32 Å². The van der Waals surface area contributed by atoms with Crippen LogP contribution >= 0.6 is 0 Å². The number of nitrogens with one attached hydrogen (secondary N) is 1. The van der Waals surface area contributed by atoms with Gasteiger partial charge in [-0.1, -0.05) is 47.6 Å². The first-order chi connectivity index (χ1) is 9.49. The Morgan fingerprint density at radius 1 is 0.952 bits per heavy atom. The zero-order chi connectivity index (χ0) is 16.3. The monoisotopic (exact) mass is 287 g/mol. The van der Waals surface area contributed by atoms with Crippen LogP contribution in [-0.2, 0) is 4.79 Å². The number of ketones is 1. The smallest absolute Gasteiger partial charge is 0.248 e. The van der Waals surface area contributed by atoms with E-state index in [1.165, 1.54) is 6.08 Å². The van der Waals surface area contributed by atoms with Crippen LogP contribution in [0.3, 0.4) is 0 Å². The first kappa shape index (κ1) is 17.2. The molecule has 0 atom stereocenters. The number of anilines is 1. The van der Waals surface area contributed by atoms with Gasteiger partial charge in [0, 0.05) is 16.7 Å². The topological polar surface area (TPSA) is 46.2 Å². The van der Waals surface area contributed by atoms with Crippen molar-refractivity contribution < 1.29 is 9.59 Å². The summed E-state index contributed by atoms with van der Waals surface area (Å²) in [5.41, 5.74) is 0.912. The van der Waals surface area contributed by atoms with Gasteiger partial charge in [-0.15, -0.1) is 0 Å². The summed E-state index contributed by atoms with van der Waals surface area (Å²) in [5, 5.41) is 2.78. The van der Waals surface area contributed by atoms with E-state index in [1.54, 1.807) is 24.3 Å². The van der Waals surface area contributed by atoms with E-state index in [9.17, 15) is 9.59 Å². The van der Waals surface area contributed by atoms with Gasteiger partial charge < -0.3 is 5.32 Å². The quantitative estimate of drug-likeness (QED) is 0.659. The lowest BCUT2D eigenvalue weighted by Crippen LogP contribution is -2.20. The molecule has 0 spiro atoms. The van der Waals surface area contributed by atoms with E-state index in [2.05, 4.69) is 5.32 Å². The third-order valence-corrected chi connectivity index (χ3v) is 2.83. The standard InChI is InChI=1S/C18H25NO2/c1-17(2,3)12-11-15(20)19-14-9-7-13(8-10-14)16(21)18(4,5)6/h7-12H,1-6H3,(H,19,20)/b12-11+. The summed E-state index contributed by atoms with van der Waals surface area (Å²) in [4.78, 5) is 23.9. The molecule has 0 saturated carbocycles. The van der Waals surface area contributed by atoms with E-state index in [4.69, 9.17) is 0 Å². The van der Waals surface area contributed by atoms with Gasteiger partial charge in [-0.25, -0.2) is 0 Å². The van der Waals surface area contributed by atoms with Crippen molar-refractivity contribution in [1.82, 2.24) is 0 Å². The Morgan fingerprint density at radius 2 is 1.48 bits per heavy atom. The van der Waals surface area contributed by atoms with Crippen LogP contribution in [0.15, 0.2) is 36.4 Å². The molecule has 0 radical (unpaired) electrons. The molecular formula is C18H25NO2. The first-order valence-electron chi connectivity index (χ1n) is 7.14. The molecule has 1 aromatic rings. The minimum atomic E-state index is -0.403. The van der Waals surface area contributed by atoms with Crippen LogP contribution in [0.25, 0.3) is 0 Å². The van der Waals surface area contributed by atoms with Gasteiger partial charge in [0.05, 0.1) is 0 Å². The summed E-state index contributed by atoms with van der Waals surface area (Å²) in [5.74, 6) is -0.0761. The average molecular weight is 287 g/mol. The Hall–Kier alpha value is -1.90. The van der Waals surface area contributed by atoms with E-state index in [0.29, 0.717) is 11.3 Å². The van der Waals surface area contributed by atoms with E-state index < -0.39 is 5.41 Å².